The average molecular weight is 461 g/mol. The first kappa shape index (κ1) is 23.6. The molecule has 0 unspecified atom stereocenters. The molecule has 6 heteroatoms. The van der Waals surface area contributed by atoms with Gasteiger partial charge >= 0.3 is 0 Å². The summed E-state index contributed by atoms with van der Waals surface area (Å²) in [6, 6.07) is 17.8. The Balaban J connectivity index is 1.57. The summed E-state index contributed by atoms with van der Waals surface area (Å²) in [5.74, 6) is 1.45. The third kappa shape index (κ3) is 5.16. The van der Waals surface area contributed by atoms with E-state index in [-0.39, 0.29) is 36.3 Å². The molecule has 0 radical (unpaired) electrons. The van der Waals surface area contributed by atoms with Crippen molar-refractivity contribution < 1.29 is 18.7 Å². The SMILES string of the molecule is CCC(=O)N1CCc2ccc(OCc3ccc(C(=O)NC(C)C)o3)cc2[C@H]1c1ccc(C)cc1. The van der Waals surface area contributed by atoms with E-state index in [1.54, 1.807) is 12.1 Å². The van der Waals surface area contributed by atoms with E-state index in [1.165, 1.54) is 11.1 Å². The van der Waals surface area contributed by atoms with Gasteiger partial charge in [0.2, 0.25) is 5.91 Å². The van der Waals surface area contributed by atoms with Crippen molar-refractivity contribution in [2.45, 2.75) is 59.2 Å². The van der Waals surface area contributed by atoms with Crippen molar-refractivity contribution in [3.63, 3.8) is 0 Å². The summed E-state index contributed by atoms with van der Waals surface area (Å²) in [5, 5.41) is 2.82. The zero-order chi connectivity index (χ0) is 24.2. The molecule has 1 aromatic heterocycles. The van der Waals surface area contributed by atoms with Crippen LogP contribution in [0.15, 0.2) is 59.0 Å². The molecule has 0 saturated carbocycles. The molecule has 2 amide bonds. The van der Waals surface area contributed by atoms with Crippen LogP contribution < -0.4 is 10.1 Å². The fourth-order valence-electron chi connectivity index (χ4n) is 4.33. The molecule has 4 rings (SSSR count). The Bertz CT molecular complexity index is 1160. The Kier molecular flexibility index (Phi) is 7.06. The molecule has 1 N–H and O–H groups in total. The normalized spacial score (nSPS) is 15.2. The lowest BCUT2D eigenvalue weighted by molar-refractivity contribution is -0.132. The zero-order valence-electron chi connectivity index (χ0n) is 20.3. The molecule has 0 aliphatic carbocycles. The Hall–Kier alpha value is -3.54. The molecule has 1 aliphatic rings. The second-order valence-electron chi connectivity index (χ2n) is 9.05. The van der Waals surface area contributed by atoms with Crippen molar-refractivity contribution in [3.8, 4) is 5.75 Å². The highest BCUT2D eigenvalue weighted by molar-refractivity contribution is 5.91. The van der Waals surface area contributed by atoms with Gasteiger partial charge in [0.05, 0.1) is 6.04 Å². The van der Waals surface area contributed by atoms with Crippen molar-refractivity contribution in [2.24, 2.45) is 0 Å². The minimum Gasteiger partial charge on any atom is -0.486 e. The maximum Gasteiger partial charge on any atom is 0.287 e. The van der Waals surface area contributed by atoms with E-state index >= 15 is 0 Å². The number of nitrogens with one attached hydrogen (secondary N) is 1. The molecular formula is C28H32N2O4. The summed E-state index contributed by atoms with van der Waals surface area (Å²) in [7, 11) is 0. The van der Waals surface area contributed by atoms with Crippen LogP contribution in [0, 0.1) is 6.92 Å². The molecule has 34 heavy (non-hydrogen) atoms. The van der Waals surface area contributed by atoms with Gasteiger partial charge in [-0.25, -0.2) is 0 Å². The largest absolute Gasteiger partial charge is 0.486 e. The maximum atomic E-state index is 12.8. The van der Waals surface area contributed by atoms with Crippen molar-refractivity contribution in [3.05, 3.63) is 88.4 Å². The molecule has 0 spiro atoms. The number of benzene rings is 2. The van der Waals surface area contributed by atoms with Crippen LogP contribution in [0.3, 0.4) is 0 Å². The lowest BCUT2D eigenvalue weighted by atomic mass is 9.87. The molecule has 1 atom stereocenters. The Morgan fingerprint density at radius 1 is 1.12 bits per heavy atom. The molecule has 0 bridgehead atoms. The van der Waals surface area contributed by atoms with Crippen LogP contribution in [0.25, 0.3) is 0 Å². The van der Waals surface area contributed by atoms with E-state index in [0.717, 1.165) is 17.5 Å². The minimum absolute atomic E-state index is 0.0356. The first-order chi connectivity index (χ1) is 16.4. The summed E-state index contributed by atoms with van der Waals surface area (Å²) < 4.78 is 11.7. The van der Waals surface area contributed by atoms with E-state index in [0.29, 0.717) is 24.5 Å². The second-order valence-corrected chi connectivity index (χ2v) is 9.05. The third-order valence-electron chi connectivity index (χ3n) is 6.05. The summed E-state index contributed by atoms with van der Waals surface area (Å²) in [6.45, 7) is 8.68. The van der Waals surface area contributed by atoms with Crippen molar-refractivity contribution in [2.75, 3.05) is 6.54 Å². The Morgan fingerprint density at radius 3 is 2.59 bits per heavy atom. The van der Waals surface area contributed by atoms with E-state index < -0.39 is 0 Å². The summed E-state index contributed by atoms with van der Waals surface area (Å²) in [6.07, 6.45) is 1.29. The van der Waals surface area contributed by atoms with E-state index in [2.05, 4.69) is 42.6 Å². The first-order valence-corrected chi connectivity index (χ1v) is 11.9. The predicted molar refractivity (Wildman–Crippen MR) is 131 cm³/mol. The van der Waals surface area contributed by atoms with Gasteiger partial charge in [-0.3, -0.25) is 9.59 Å². The summed E-state index contributed by atoms with van der Waals surface area (Å²) >= 11 is 0. The molecule has 2 heterocycles. The smallest absolute Gasteiger partial charge is 0.287 e. The number of nitrogens with zero attached hydrogens (tertiary/aromatic N) is 1. The van der Waals surface area contributed by atoms with E-state index in [9.17, 15) is 9.59 Å². The van der Waals surface area contributed by atoms with Crippen LogP contribution >= 0.6 is 0 Å². The number of carbonyl (C=O) groups excluding carboxylic acids is 2. The van der Waals surface area contributed by atoms with Crippen LogP contribution in [0.4, 0.5) is 0 Å². The number of amides is 2. The number of aryl methyl sites for hydroxylation is 1. The topological polar surface area (TPSA) is 71.8 Å². The highest BCUT2D eigenvalue weighted by atomic mass is 16.5. The van der Waals surface area contributed by atoms with Gasteiger partial charge in [-0.15, -0.1) is 0 Å². The Morgan fingerprint density at radius 2 is 1.88 bits per heavy atom. The van der Waals surface area contributed by atoms with Gasteiger partial charge in [0.1, 0.15) is 18.1 Å². The van der Waals surface area contributed by atoms with E-state index in [4.69, 9.17) is 9.15 Å². The van der Waals surface area contributed by atoms with Gasteiger partial charge in [-0.1, -0.05) is 42.8 Å². The van der Waals surface area contributed by atoms with Gasteiger partial charge in [-0.2, -0.15) is 0 Å². The average Bonchev–Trinajstić information content (AvgIpc) is 3.31. The lowest BCUT2D eigenvalue weighted by Crippen LogP contribution is -2.40. The fraction of sp³-hybridized carbons (Fsp3) is 0.357. The zero-order valence-corrected chi connectivity index (χ0v) is 20.3. The van der Waals surface area contributed by atoms with Crippen LogP contribution in [-0.2, 0) is 17.8 Å². The summed E-state index contributed by atoms with van der Waals surface area (Å²) in [4.78, 5) is 26.9. The second kappa shape index (κ2) is 10.2. The highest BCUT2D eigenvalue weighted by Gasteiger charge is 2.31. The van der Waals surface area contributed by atoms with E-state index in [1.807, 2.05) is 37.8 Å². The molecule has 1 aliphatic heterocycles. The van der Waals surface area contributed by atoms with Gasteiger partial charge in [0.25, 0.3) is 5.91 Å². The standard InChI is InChI=1S/C28H32N2O4/c1-5-26(31)30-15-14-20-10-11-22(16-24(20)27(30)21-8-6-19(4)7-9-21)33-17-23-12-13-25(34-23)28(32)29-18(2)3/h6-13,16,18,27H,5,14-15,17H2,1-4H3,(H,29,32)/t27-/m1/s1. The third-order valence-corrected chi connectivity index (χ3v) is 6.05. The summed E-state index contributed by atoms with van der Waals surface area (Å²) in [5.41, 5.74) is 4.59. The van der Waals surface area contributed by atoms with Crippen LogP contribution in [-0.4, -0.2) is 29.3 Å². The number of hydrogen-bond acceptors (Lipinski definition) is 4. The van der Waals surface area contributed by atoms with Gasteiger partial charge in [0, 0.05) is 19.0 Å². The quantitative estimate of drug-likeness (QED) is 0.527. The van der Waals surface area contributed by atoms with Gasteiger partial charge in [-0.05, 0) is 68.1 Å². The molecule has 2 aromatic carbocycles. The fourth-order valence-corrected chi connectivity index (χ4v) is 4.33. The Labute approximate surface area is 200 Å². The van der Waals surface area contributed by atoms with Crippen molar-refractivity contribution in [1.82, 2.24) is 10.2 Å². The van der Waals surface area contributed by atoms with Crippen LogP contribution in [0.2, 0.25) is 0 Å². The van der Waals surface area contributed by atoms with Gasteiger partial charge in [0.15, 0.2) is 5.76 Å². The number of hydrogen-bond donors (Lipinski definition) is 1. The minimum atomic E-state index is -0.239. The molecule has 3 aromatic rings. The van der Waals surface area contributed by atoms with Gasteiger partial charge < -0.3 is 19.4 Å². The first-order valence-electron chi connectivity index (χ1n) is 11.9. The highest BCUT2D eigenvalue weighted by Crippen LogP contribution is 2.37. The number of furan rings is 1. The van der Waals surface area contributed by atoms with Crippen molar-refractivity contribution in [1.29, 1.82) is 0 Å². The number of ether oxygens (including phenoxy) is 1. The number of fused-ring (bicyclic) bond motifs is 1. The number of rotatable bonds is 7. The molecule has 6 nitrogen and oxygen atoms in total. The molecular weight excluding hydrogens is 428 g/mol. The van der Waals surface area contributed by atoms with Crippen LogP contribution in [0.5, 0.6) is 5.75 Å². The lowest BCUT2D eigenvalue weighted by Gasteiger charge is -2.38. The number of carbonyl (C=O) groups is 2. The van der Waals surface area contributed by atoms with Crippen LogP contribution in [0.1, 0.15) is 71.8 Å². The molecule has 178 valence electrons. The van der Waals surface area contributed by atoms with Crippen molar-refractivity contribution >= 4 is 11.8 Å². The molecule has 0 saturated heterocycles. The molecule has 0 fully saturated rings. The maximum absolute atomic E-state index is 12.8. The predicted octanol–water partition coefficient (Wildman–Crippen LogP) is 5.19. The monoisotopic (exact) mass is 460 g/mol.